The third-order valence-corrected chi connectivity index (χ3v) is 5.33. The fourth-order valence-corrected chi connectivity index (χ4v) is 3.79. The van der Waals surface area contributed by atoms with E-state index in [0.29, 0.717) is 21.5 Å². The summed E-state index contributed by atoms with van der Waals surface area (Å²) in [6.45, 7) is 5.77. The molecule has 0 spiro atoms. The number of ether oxygens (including phenoxy) is 2. The highest BCUT2D eigenvalue weighted by atomic mass is 32.1. The average molecular weight is 384 g/mol. The zero-order valence-corrected chi connectivity index (χ0v) is 16.4. The Morgan fingerprint density at radius 3 is 2.74 bits per heavy atom. The van der Waals surface area contributed by atoms with Gasteiger partial charge in [0, 0.05) is 10.4 Å². The molecule has 3 rings (SSSR count). The maximum absolute atomic E-state index is 12.6. The fourth-order valence-electron chi connectivity index (χ4n) is 2.76. The van der Waals surface area contributed by atoms with Gasteiger partial charge in [0.15, 0.2) is 0 Å². The summed E-state index contributed by atoms with van der Waals surface area (Å²) in [6.07, 6.45) is 1.62. The van der Waals surface area contributed by atoms with Crippen molar-refractivity contribution >= 4 is 39.2 Å². The second-order valence-electron chi connectivity index (χ2n) is 5.90. The predicted octanol–water partition coefficient (Wildman–Crippen LogP) is 3.71. The van der Waals surface area contributed by atoms with E-state index >= 15 is 0 Å². The number of carbonyl (C=O) groups excluding carboxylic acids is 1. The number of hydrogen-bond acceptors (Lipinski definition) is 6. The summed E-state index contributed by atoms with van der Waals surface area (Å²) in [5.41, 5.74) is 1.49. The maximum atomic E-state index is 12.6. The lowest BCUT2D eigenvalue weighted by molar-refractivity contribution is -0.136. The first-order valence-corrected chi connectivity index (χ1v) is 9.30. The molecule has 0 unspecified atom stereocenters. The first-order valence-electron chi connectivity index (χ1n) is 8.48. The molecule has 0 aliphatic heterocycles. The van der Waals surface area contributed by atoms with Crippen LogP contribution in [0.4, 0.5) is 0 Å². The molecule has 1 aromatic carbocycles. The van der Waals surface area contributed by atoms with Gasteiger partial charge in [0.1, 0.15) is 22.0 Å². The van der Waals surface area contributed by atoms with E-state index in [1.165, 1.54) is 11.3 Å². The van der Waals surface area contributed by atoms with E-state index in [2.05, 4.69) is 9.97 Å². The Morgan fingerprint density at radius 2 is 2.04 bits per heavy atom. The second-order valence-corrected chi connectivity index (χ2v) is 7.10. The predicted molar refractivity (Wildman–Crippen MR) is 107 cm³/mol. The first kappa shape index (κ1) is 18.8. The Hall–Kier alpha value is -2.93. The Kier molecular flexibility index (Phi) is 5.41. The highest BCUT2D eigenvalue weighted by Gasteiger charge is 2.20. The monoisotopic (exact) mass is 384 g/mol. The van der Waals surface area contributed by atoms with Gasteiger partial charge in [-0.15, -0.1) is 11.3 Å². The van der Waals surface area contributed by atoms with Crippen LogP contribution in [0.1, 0.15) is 28.8 Å². The van der Waals surface area contributed by atoms with E-state index in [1.54, 1.807) is 26.2 Å². The molecule has 6 nitrogen and oxygen atoms in total. The third kappa shape index (κ3) is 3.64. The van der Waals surface area contributed by atoms with Gasteiger partial charge >= 0.3 is 5.97 Å². The van der Waals surface area contributed by atoms with E-state index in [0.717, 1.165) is 10.4 Å². The molecule has 0 amide bonds. The van der Waals surface area contributed by atoms with Gasteiger partial charge in [0.05, 0.1) is 19.1 Å². The molecule has 0 aliphatic carbocycles. The normalized spacial score (nSPS) is 11.6. The number of fused-ring (bicyclic) bond motifs is 1. The van der Waals surface area contributed by atoms with Gasteiger partial charge in [-0.25, -0.2) is 9.78 Å². The number of H-pyrrole nitrogens is 1. The Bertz CT molecular complexity index is 1100. The molecule has 2 heterocycles. The number of nitrogens with one attached hydrogen (secondary N) is 1. The summed E-state index contributed by atoms with van der Waals surface area (Å²) < 4.78 is 10.5. The van der Waals surface area contributed by atoms with Gasteiger partial charge in [-0.05, 0) is 38.5 Å². The number of aryl methyl sites for hydroxylation is 2. The molecular formula is C20H20N2O4S. The number of benzene rings is 1. The van der Waals surface area contributed by atoms with Crippen molar-refractivity contribution in [3.05, 3.63) is 56.4 Å². The zero-order chi connectivity index (χ0) is 19.6. The summed E-state index contributed by atoms with van der Waals surface area (Å²) in [5, 5.41) is 0.557. The zero-order valence-electron chi connectivity index (χ0n) is 15.6. The SMILES string of the molecule is CCOC(=O)/C(=C\c1ccccc1OC)c1nc2sc(C)c(C)c2c(=O)[nH]1. The number of esters is 1. The van der Waals surface area contributed by atoms with Crippen LogP contribution in [0.2, 0.25) is 0 Å². The van der Waals surface area contributed by atoms with Crippen molar-refractivity contribution in [2.24, 2.45) is 0 Å². The van der Waals surface area contributed by atoms with Crippen LogP contribution in [-0.4, -0.2) is 29.7 Å². The molecule has 0 bridgehead atoms. The number of nitrogens with zero attached hydrogens (tertiary/aromatic N) is 1. The van der Waals surface area contributed by atoms with Crippen molar-refractivity contribution in [1.82, 2.24) is 9.97 Å². The second kappa shape index (κ2) is 7.75. The molecule has 7 heteroatoms. The molecule has 0 fully saturated rings. The summed E-state index contributed by atoms with van der Waals surface area (Å²) >= 11 is 1.43. The molecule has 0 atom stereocenters. The molecule has 0 aliphatic rings. The molecular weight excluding hydrogens is 364 g/mol. The third-order valence-electron chi connectivity index (χ3n) is 4.23. The lowest BCUT2D eigenvalue weighted by Crippen LogP contribution is -2.15. The number of rotatable bonds is 5. The van der Waals surface area contributed by atoms with Gasteiger partial charge in [-0.2, -0.15) is 0 Å². The number of aromatic amines is 1. The van der Waals surface area contributed by atoms with E-state index in [9.17, 15) is 9.59 Å². The smallest absolute Gasteiger partial charge is 0.341 e. The number of carbonyl (C=O) groups is 1. The Morgan fingerprint density at radius 1 is 1.30 bits per heavy atom. The van der Waals surface area contributed by atoms with Crippen molar-refractivity contribution in [2.45, 2.75) is 20.8 Å². The minimum atomic E-state index is -0.559. The van der Waals surface area contributed by atoms with Crippen LogP contribution >= 0.6 is 11.3 Å². The van der Waals surface area contributed by atoms with Gasteiger partial charge in [0.25, 0.3) is 5.56 Å². The van der Waals surface area contributed by atoms with Crippen LogP contribution in [0.15, 0.2) is 29.1 Å². The molecule has 0 saturated heterocycles. The topological polar surface area (TPSA) is 81.3 Å². The van der Waals surface area contributed by atoms with Gasteiger partial charge in [-0.1, -0.05) is 18.2 Å². The molecule has 27 heavy (non-hydrogen) atoms. The van der Waals surface area contributed by atoms with E-state index in [1.807, 2.05) is 32.0 Å². The van der Waals surface area contributed by atoms with Crippen LogP contribution in [0.5, 0.6) is 5.75 Å². The largest absolute Gasteiger partial charge is 0.496 e. The Labute approximate surface area is 160 Å². The van der Waals surface area contributed by atoms with Crippen molar-refractivity contribution in [2.75, 3.05) is 13.7 Å². The van der Waals surface area contributed by atoms with Crippen molar-refractivity contribution < 1.29 is 14.3 Å². The van der Waals surface area contributed by atoms with Gasteiger partial charge in [-0.3, -0.25) is 4.79 Å². The minimum absolute atomic E-state index is 0.170. The van der Waals surface area contributed by atoms with Crippen LogP contribution in [0.3, 0.4) is 0 Å². The van der Waals surface area contributed by atoms with Crippen molar-refractivity contribution in [3.8, 4) is 5.75 Å². The van der Waals surface area contributed by atoms with Gasteiger partial charge in [0.2, 0.25) is 0 Å². The summed E-state index contributed by atoms with van der Waals surface area (Å²) in [7, 11) is 1.56. The summed E-state index contributed by atoms with van der Waals surface area (Å²) in [6, 6.07) is 7.28. The van der Waals surface area contributed by atoms with Crippen LogP contribution in [0, 0.1) is 13.8 Å². The van der Waals surface area contributed by atoms with Crippen molar-refractivity contribution in [3.63, 3.8) is 0 Å². The lowest BCUT2D eigenvalue weighted by Gasteiger charge is -2.09. The standard InChI is InChI=1S/C20H20N2O4S/c1-5-26-20(24)14(10-13-8-6-7-9-15(13)25-4)17-21-18(23)16-11(2)12(3)27-19(16)22-17/h6-10H,5H2,1-4H3,(H,21,22,23)/b14-10-. The minimum Gasteiger partial charge on any atom is -0.496 e. The highest BCUT2D eigenvalue weighted by molar-refractivity contribution is 7.18. The highest BCUT2D eigenvalue weighted by Crippen LogP contribution is 2.28. The van der Waals surface area contributed by atoms with Crippen LogP contribution < -0.4 is 10.3 Å². The van der Waals surface area contributed by atoms with Crippen LogP contribution in [0.25, 0.3) is 21.9 Å². The van der Waals surface area contributed by atoms with E-state index < -0.39 is 5.97 Å². The summed E-state index contributed by atoms with van der Waals surface area (Å²) in [4.78, 5) is 34.1. The van der Waals surface area contributed by atoms with Crippen molar-refractivity contribution in [1.29, 1.82) is 0 Å². The van der Waals surface area contributed by atoms with Gasteiger partial charge < -0.3 is 14.5 Å². The number of aromatic nitrogens is 2. The maximum Gasteiger partial charge on any atom is 0.341 e. The first-order chi connectivity index (χ1) is 13.0. The molecule has 2 aromatic heterocycles. The average Bonchev–Trinajstić information content (AvgIpc) is 2.94. The molecule has 3 aromatic rings. The molecule has 1 N–H and O–H groups in total. The number of para-hydroxylation sites is 1. The number of methoxy groups -OCH3 is 1. The molecule has 140 valence electrons. The summed E-state index contributed by atoms with van der Waals surface area (Å²) in [5.74, 6) is 0.222. The fraction of sp³-hybridized carbons (Fsp3) is 0.250. The number of hydrogen-bond donors (Lipinski definition) is 1. The lowest BCUT2D eigenvalue weighted by atomic mass is 10.1. The quantitative estimate of drug-likeness (QED) is 0.536. The molecule has 0 radical (unpaired) electrons. The van der Waals surface area contributed by atoms with E-state index in [-0.39, 0.29) is 23.6 Å². The molecule has 0 saturated carbocycles. The Balaban J connectivity index is 2.23. The van der Waals surface area contributed by atoms with Crippen LogP contribution in [-0.2, 0) is 9.53 Å². The number of thiophene rings is 1. The van der Waals surface area contributed by atoms with E-state index in [4.69, 9.17) is 9.47 Å².